The molecule has 0 bridgehead atoms. The van der Waals surface area contributed by atoms with Gasteiger partial charge in [-0.3, -0.25) is 4.79 Å². The molecule has 0 fully saturated rings. The fraction of sp³-hybridized carbons (Fsp3) is 0.308. The first-order valence-corrected chi connectivity index (χ1v) is 7.02. The molecule has 1 heterocycles. The lowest BCUT2D eigenvalue weighted by molar-refractivity contribution is -0.139. The summed E-state index contributed by atoms with van der Waals surface area (Å²) in [4.78, 5) is 27.2. The van der Waals surface area contributed by atoms with Gasteiger partial charge in [-0.25, -0.2) is 9.78 Å². The highest BCUT2D eigenvalue weighted by molar-refractivity contribution is 7.22. The summed E-state index contributed by atoms with van der Waals surface area (Å²) in [5, 5.41) is 12.0. The first-order chi connectivity index (χ1) is 9.51. The summed E-state index contributed by atoms with van der Waals surface area (Å²) >= 11 is 1.29. The molecule has 2 rings (SSSR count). The molecule has 1 aromatic carbocycles. The molecular weight excluding hydrogens is 278 g/mol. The smallest absolute Gasteiger partial charge is 0.326 e. The third kappa shape index (κ3) is 3.05. The highest BCUT2D eigenvalue weighted by Crippen LogP contribution is 2.24. The van der Waals surface area contributed by atoms with Crippen LogP contribution in [0.2, 0.25) is 0 Å². The van der Waals surface area contributed by atoms with Crippen LogP contribution in [0.4, 0.5) is 5.13 Å². The highest BCUT2D eigenvalue weighted by Gasteiger charge is 2.19. The van der Waals surface area contributed by atoms with Crippen LogP contribution in [0.15, 0.2) is 18.2 Å². The first kappa shape index (κ1) is 14.3. The molecule has 20 heavy (non-hydrogen) atoms. The lowest BCUT2D eigenvalue weighted by atomic mass is 10.1. The van der Waals surface area contributed by atoms with Crippen LogP contribution in [-0.4, -0.2) is 28.0 Å². The lowest BCUT2D eigenvalue weighted by Gasteiger charge is -2.13. The van der Waals surface area contributed by atoms with E-state index < -0.39 is 17.9 Å². The van der Waals surface area contributed by atoms with Crippen LogP contribution in [-0.2, 0) is 4.79 Å². The number of benzene rings is 1. The molecule has 6 nitrogen and oxygen atoms in total. The molecule has 106 valence electrons. The number of hydrogen-bond acceptors (Lipinski definition) is 5. The monoisotopic (exact) mass is 293 g/mol. The molecule has 0 aliphatic rings. The van der Waals surface area contributed by atoms with Crippen LogP contribution in [0.1, 0.15) is 30.1 Å². The van der Waals surface area contributed by atoms with E-state index in [-0.39, 0.29) is 0 Å². The summed E-state index contributed by atoms with van der Waals surface area (Å²) in [6, 6.07) is 4.12. The van der Waals surface area contributed by atoms with Gasteiger partial charge in [0.05, 0.1) is 10.2 Å². The molecule has 2 aromatic rings. The normalized spacial score (nSPS) is 12.2. The van der Waals surface area contributed by atoms with E-state index in [1.807, 2.05) is 6.92 Å². The molecule has 0 aliphatic carbocycles. The summed E-state index contributed by atoms with van der Waals surface area (Å²) in [5.41, 5.74) is 6.74. The molecule has 1 aromatic heterocycles. The number of nitrogens with two attached hydrogens (primary N) is 1. The Hall–Kier alpha value is -2.15. The van der Waals surface area contributed by atoms with Gasteiger partial charge in [0, 0.05) is 5.56 Å². The van der Waals surface area contributed by atoms with E-state index in [1.54, 1.807) is 18.2 Å². The minimum Gasteiger partial charge on any atom is -0.480 e. The maximum atomic E-state index is 12.1. The molecule has 1 atom stereocenters. The number of thiazole rings is 1. The van der Waals surface area contributed by atoms with Crippen molar-refractivity contribution in [2.24, 2.45) is 0 Å². The van der Waals surface area contributed by atoms with Crippen molar-refractivity contribution in [3.63, 3.8) is 0 Å². The summed E-state index contributed by atoms with van der Waals surface area (Å²) in [5.74, 6) is -1.43. The second-order valence-corrected chi connectivity index (χ2v) is 5.45. The molecule has 0 saturated carbocycles. The summed E-state index contributed by atoms with van der Waals surface area (Å²) in [7, 11) is 0. The van der Waals surface area contributed by atoms with Crippen LogP contribution >= 0.6 is 11.3 Å². The fourth-order valence-corrected chi connectivity index (χ4v) is 2.64. The van der Waals surface area contributed by atoms with Gasteiger partial charge < -0.3 is 16.2 Å². The molecule has 1 amide bonds. The van der Waals surface area contributed by atoms with Crippen molar-refractivity contribution in [3.05, 3.63) is 23.8 Å². The zero-order chi connectivity index (χ0) is 14.7. The van der Waals surface area contributed by atoms with Crippen LogP contribution in [0.5, 0.6) is 0 Å². The van der Waals surface area contributed by atoms with Gasteiger partial charge in [0.25, 0.3) is 5.91 Å². The number of nitrogens with zero attached hydrogens (tertiary/aromatic N) is 1. The van der Waals surface area contributed by atoms with Gasteiger partial charge in [0.1, 0.15) is 6.04 Å². The molecule has 4 N–H and O–H groups in total. The summed E-state index contributed by atoms with van der Waals surface area (Å²) in [6.07, 6.45) is 1.08. The number of rotatable bonds is 5. The number of nitrogen functional groups attached to an aromatic ring is 1. The van der Waals surface area contributed by atoms with Crippen molar-refractivity contribution in [2.75, 3.05) is 5.73 Å². The van der Waals surface area contributed by atoms with Crippen molar-refractivity contribution < 1.29 is 14.7 Å². The number of amides is 1. The average molecular weight is 293 g/mol. The largest absolute Gasteiger partial charge is 0.480 e. The van der Waals surface area contributed by atoms with E-state index in [0.717, 1.165) is 10.2 Å². The number of hydrogen-bond donors (Lipinski definition) is 3. The Morgan fingerprint density at radius 3 is 2.90 bits per heavy atom. The van der Waals surface area contributed by atoms with E-state index in [2.05, 4.69) is 10.3 Å². The van der Waals surface area contributed by atoms with E-state index in [1.165, 1.54) is 11.3 Å². The van der Waals surface area contributed by atoms with Gasteiger partial charge in [-0.05, 0) is 24.6 Å². The van der Waals surface area contributed by atoms with Crippen molar-refractivity contribution in [2.45, 2.75) is 25.8 Å². The molecular formula is C13H15N3O3S. The maximum absolute atomic E-state index is 12.1. The number of carboxylic acid groups (broad SMARTS) is 1. The minimum atomic E-state index is -1.02. The highest BCUT2D eigenvalue weighted by atomic mass is 32.1. The Bertz CT molecular complexity index is 653. The number of carboxylic acids is 1. The number of carbonyl (C=O) groups is 2. The Morgan fingerprint density at radius 2 is 2.25 bits per heavy atom. The van der Waals surface area contributed by atoms with Gasteiger partial charge >= 0.3 is 5.97 Å². The van der Waals surface area contributed by atoms with Crippen LogP contribution in [0, 0.1) is 0 Å². The van der Waals surface area contributed by atoms with Crippen LogP contribution in [0.25, 0.3) is 10.2 Å². The molecule has 0 radical (unpaired) electrons. The zero-order valence-corrected chi connectivity index (χ0v) is 11.7. The molecule has 0 unspecified atom stereocenters. The third-order valence-corrected chi connectivity index (χ3v) is 3.70. The third-order valence-electron chi connectivity index (χ3n) is 2.85. The zero-order valence-electron chi connectivity index (χ0n) is 10.9. The SMILES string of the molecule is CCC[C@H](NC(=O)c1ccc2nc(N)sc2c1)C(=O)O. The minimum absolute atomic E-state index is 0.400. The number of carbonyl (C=O) groups excluding carboxylic acids is 1. The topological polar surface area (TPSA) is 105 Å². The second kappa shape index (κ2) is 5.87. The number of aliphatic carboxylic acids is 1. The summed E-state index contributed by atoms with van der Waals surface area (Å²) in [6.45, 7) is 1.87. The Labute approximate surface area is 119 Å². The van der Waals surface area contributed by atoms with E-state index >= 15 is 0 Å². The van der Waals surface area contributed by atoms with Crippen molar-refractivity contribution >= 4 is 38.6 Å². The van der Waals surface area contributed by atoms with Gasteiger partial charge in [-0.1, -0.05) is 24.7 Å². The Kier molecular flexibility index (Phi) is 4.19. The predicted molar refractivity (Wildman–Crippen MR) is 77.8 cm³/mol. The van der Waals surface area contributed by atoms with Crippen LogP contribution < -0.4 is 11.1 Å². The maximum Gasteiger partial charge on any atom is 0.326 e. The summed E-state index contributed by atoms with van der Waals surface area (Å²) < 4.78 is 0.803. The van der Waals surface area contributed by atoms with E-state index in [9.17, 15) is 9.59 Å². The molecule has 7 heteroatoms. The van der Waals surface area contributed by atoms with Gasteiger partial charge in [-0.15, -0.1) is 0 Å². The van der Waals surface area contributed by atoms with Crippen molar-refractivity contribution in [1.82, 2.24) is 10.3 Å². The predicted octanol–water partition coefficient (Wildman–Crippen LogP) is 1.86. The van der Waals surface area contributed by atoms with Crippen LogP contribution in [0.3, 0.4) is 0 Å². The molecule has 0 saturated heterocycles. The first-order valence-electron chi connectivity index (χ1n) is 6.21. The van der Waals surface area contributed by atoms with Gasteiger partial charge in [0.2, 0.25) is 0 Å². The van der Waals surface area contributed by atoms with Crippen molar-refractivity contribution in [3.8, 4) is 0 Å². The number of anilines is 1. The quantitative estimate of drug-likeness (QED) is 0.780. The average Bonchev–Trinajstić information content (AvgIpc) is 2.76. The van der Waals surface area contributed by atoms with Gasteiger partial charge in [-0.2, -0.15) is 0 Å². The Morgan fingerprint density at radius 1 is 1.50 bits per heavy atom. The van der Waals surface area contributed by atoms with Gasteiger partial charge in [0.15, 0.2) is 5.13 Å². The number of nitrogens with one attached hydrogen (secondary N) is 1. The Balaban J connectivity index is 2.19. The fourth-order valence-electron chi connectivity index (χ4n) is 1.87. The standard InChI is InChI=1S/C13H15N3O3S/c1-2-3-9(12(18)19)15-11(17)7-4-5-8-10(6-7)20-13(14)16-8/h4-6,9H,2-3H2,1H3,(H2,14,16)(H,15,17)(H,18,19)/t9-/m0/s1. The number of aromatic nitrogens is 1. The van der Waals surface area contributed by atoms with E-state index in [4.69, 9.17) is 10.8 Å². The van der Waals surface area contributed by atoms with E-state index in [0.29, 0.717) is 23.5 Å². The molecule has 0 aliphatic heterocycles. The molecule has 0 spiro atoms. The van der Waals surface area contributed by atoms with Crippen molar-refractivity contribution in [1.29, 1.82) is 0 Å². The lowest BCUT2D eigenvalue weighted by Crippen LogP contribution is -2.40. The number of fused-ring (bicyclic) bond motifs is 1. The second-order valence-electron chi connectivity index (χ2n) is 4.39.